The molecule has 118 valence electrons. The fourth-order valence-corrected chi connectivity index (χ4v) is 4.49. The van der Waals surface area contributed by atoms with Gasteiger partial charge in [0.2, 0.25) is 0 Å². The molecule has 2 aliphatic carbocycles. The monoisotopic (exact) mass is 301 g/mol. The van der Waals surface area contributed by atoms with Crippen LogP contribution in [0.5, 0.6) is 11.5 Å². The van der Waals surface area contributed by atoms with Gasteiger partial charge in [0.1, 0.15) is 13.2 Å². The third-order valence-electron chi connectivity index (χ3n) is 5.60. The maximum absolute atomic E-state index is 12.5. The fourth-order valence-electron chi connectivity index (χ4n) is 4.49. The third-order valence-corrected chi connectivity index (χ3v) is 5.60. The zero-order valence-corrected chi connectivity index (χ0v) is 13.0. The van der Waals surface area contributed by atoms with Crippen LogP contribution in [0.1, 0.15) is 43.0 Å². The molecule has 0 aromatic heterocycles. The van der Waals surface area contributed by atoms with Gasteiger partial charge < -0.3 is 14.8 Å². The SMILES string of the molecule is CC(NC(=O)c1ccc2c(c1)OCCO2)C1CC2CCC1C2. The number of hydrogen-bond donors (Lipinski definition) is 1. The Labute approximate surface area is 131 Å². The molecule has 1 aliphatic heterocycles. The molecular weight excluding hydrogens is 278 g/mol. The molecule has 0 radical (unpaired) electrons. The van der Waals surface area contributed by atoms with Crippen LogP contribution in [-0.2, 0) is 0 Å². The Kier molecular flexibility index (Phi) is 3.47. The summed E-state index contributed by atoms with van der Waals surface area (Å²) in [5.74, 6) is 3.77. The van der Waals surface area contributed by atoms with E-state index in [1.54, 1.807) is 6.07 Å². The second-order valence-corrected chi connectivity index (χ2v) is 6.96. The lowest BCUT2D eigenvalue weighted by atomic mass is 9.84. The highest BCUT2D eigenvalue weighted by Gasteiger charge is 2.42. The average molecular weight is 301 g/mol. The number of hydrogen-bond acceptors (Lipinski definition) is 3. The highest BCUT2D eigenvalue weighted by Crippen LogP contribution is 2.49. The van der Waals surface area contributed by atoms with Crippen molar-refractivity contribution in [2.75, 3.05) is 13.2 Å². The van der Waals surface area contributed by atoms with Gasteiger partial charge in [-0.3, -0.25) is 4.79 Å². The molecular formula is C18H23NO3. The highest BCUT2D eigenvalue weighted by atomic mass is 16.6. The first-order valence-corrected chi connectivity index (χ1v) is 8.41. The summed E-state index contributed by atoms with van der Waals surface area (Å²) >= 11 is 0. The Morgan fingerprint density at radius 1 is 1.18 bits per heavy atom. The van der Waals surface area contributed by atoms with Crippen LogP contribution >= 0.6 is 0 Å². The van der Waals surface area contributed by atoms with E-state index in [2.05, 4.69) is 12.2 Å². The van der Waals surface area contributed by atoms with Crippen molar-refractivity contribution in [3.63, 3.8) is 0 Å². The minimum atomic E-state index is -0.00718. The van der Waals surface area contributed by atoms with Crippen molar-refractivity contribution in [2.45, 2.75) is 38.6 Å². The normalized spacial score (nSPS) is 30.1. The van der Waals surface area contributed by atoms with Crippen LogP contribution in [0, 0.1) is 17.8 Å². The number of amides is 1. The van der Waals surface area contributed by atoms with Gasteiger partial charge in [-0.2, -0.15) is 0 Å². The van der Waals surface area contributed by atoms with Crippen molar-refractivity contribution in [1.82, 2.24) is 5.32 Å². The van der Waals surface area contributed by atoms with Crippen LogP contribution in [0.15, 0.2) is 18.2 Å². The molecule has 1 aromatic rings. The molecule has 2 saturated carbocycles. The Morgan fingerprint density at radius 2 is 2.00 bits per heavy atom. The van der Waals surface area contributed by atoms with Gasteiger partial charge in [0.05, 0.1) is 0 Å². The maximum atomic E-state index is 12.5. The van der Waals surface area contributed by atoms with E-state index in [-0.39, 0.29) is 11.9 Å². The summed E-state index contributed by atoms with van der Waals surface area (Å²) in [5, 5.41) is 3.19. The van der Waals surface area contributed by atoms with Gasteiger partial charge >= 0.3 is 0 Å². The van der Waals surface area contributed by atoms with Crippen molar-refractivity contribution < 1.29 is 14.3 Å². The van der Waals surface area contributed by atoms with Gasteiger partial charge in [0.15, 0.2) is 11.5 Å². The molecule has 1 heterocycles. The van der Waals surface area contributed by atoms with E-state index in [4.69, 9.17) is 9.47 Å². The number of ether oxygens (including phenoxy) is 2. The highest BCUT2D eigenvalue weighted by molar-refractivity contribution is 5.95. The lowest BCUT2D eigenvalue weighted by Gasteiger charge is -2.28. The molecule has 0 saturated heterocycles. The van der Waals surface area contributed by atoms with E-state index >= 15 is 0 Å². The van der Waals surface area contributed by atoms with Gasteiger partial charge in [-0.15, -0.1) is 0 Å². The van der Waals surface area contributed by atoms with Crippen LogP contribution in [-0.4, -0.2) is 25.2 Å². The maximum Gasteiger partial charge on any atom is 0.251 e. The Bertz CT molecular complexity index is 586. The zero-order chi connectivity index (χ0) is 15.1. The fraction of sp³-hybridized carbons (Fsp3) is 0.611. The number of nitrogens with one attached hydrogen (secondary N) is 1. The van der Waals surface area contributed by atoms with Crippen LogP contribution in [0.4, 0.5) is 0 Å². The van der Waals surface area contributed by atoms with E-state index in [1.807, 2.05) is 12.1 Å². The van der Waals surface area contributed by atoms with Crippen molar-refractivity contribution in [1.29, 1.82) is 0 Å². The summed E-state index contributed by atoms with van der Waals surface area (Å²) < 4.78 is 11.1. The molecule has 3 aliphatic rings. The molecule has 4 heteroatoms. The minimum Gasteiger partial charge on any atom is -0.486 e. The third kappa shape index (κ3) is 2.44. The van der Waals surface area contributed by atoms with Gasteiger partial charge in [0.25, 0.3) is 5.91 Å². The van der Waals surface area contributed by atoms with Crippen LogP contribution in [0.3, 0.4) is 0 Å². The van der Waals surface area contributed by atoms with Gasteiger partial charge in [-0.1, -0.05) is 6.42 Å². The molecule has 1 aromatic carbocycles. The smallest absolute Gasteiger partial charge is 0.251 e. The summed E-state index contributed by atoms with van der Waals surface area (Å²) in [6, 6.07) is 5.68. The van der Waals surface area contributed by atoms with E-state index in [9.17, 15) is 4.79 Å². The van der Waals surface area contributed by atoms with Gasteiger partial charge in [-0.05, 0) is 62.1 Å². The molecule has 1 amide bonds. The molecule has 2 bridgehead atoms. The largest absolute Gasteiger partial charge is 0.486 e. The predicted octanol–water partition coefficient (Wildman–Crippen LogP) is 3.01. The van der Waals surface area contributed by atoms with E-state index in [0.29, 0.717) is 30.4 Å². The second kappa shape index (κ2) is 5.49. The molecule has 4 atom stereocenters. The van der Waals surface area contributed by atoms with Gasteiger partial charge in [0, 0.05) is 11.6 Å². The minimum absolute atomic E-state index is 0.00718. The van der Waals surface area contributed by atoms with Crippen molar-refractivity contribution >= 4 is 5.91 Å². The second-order valence-electron chi connectivity index (χ2n) is 6.96. The van der Waals surface area contributed by atoms with Crippen molar-refractivity contribution in [3.05, 3.63) is 23.8 Å². The standard InChI is InChI=1S/C18H23NO3/c1-11(15-9-12-2-3-13(15)8-12)19-18(20)14-4-5-16-17(10-14)22-7-6-21-16/h4-5,10-13,15H,2-3,6-9H2,1H3,(H,19,20). The summed E-state index contributed by atoms with van der Waals surface area (Å²) in [4.78, 5) is 12.5. The number of fused-ring (bicyclic) bond motifs is 3. The lowest BCUT2D eigenvalue weighted by Crippen LogP contribution is -2.40. The molecule has 22 heavy (non-hydrogen) atoms. The van der Waals surface area contributed by atoms with Crippen LogP contribution in [0.2, 0.25) is 0 Å². The lowest BCUT2D eigenvalue weighted by molar-refractivity contribution is 0.0914. The summed E-state index contributed by atoms with van der Waals surface area (Å²) in [6.07, 6.45) is 5.39. The zero-order valence-electron chi connectivity index (χ0n) is 13.0. The number of rotatable bonds is 3. The average Bonchev–Trinajstić information content (AvgIpc) is 3.17. The van der Waals surface area contributed by atoms with Crippen molar-refractivity contribution in [3.8, 4) is 11.5 Å². The topological polar surface area (TPSA) is 47.6 Å². The molecule has 4 rings (SSSR count). The number of carbonyl (C=O) groups excluding carboxylic acids is 1. The van der Waals surface area contributed by atoms with Crippen LogP contribution in [0.25, 0.3) is 0 Å². The first kappa shape index (κ1) is 13.9. The Balaban J connectivity index is 1.43. The summed E-state index contributed by atoms with van der Waals surface area (Å²) in [7, 11) is 0. The molecule has 1 N–H and O–H groups in total. The van der Waals surface area contributed by atoms with Crippen LogP contribution < -0.4 is 14.8 Å². The summed E-state index contributed by atoms with van der Waals surface area (Å²) in [6.45, 7) is 3.26. The molecule has 4 nitrogen and oxygen atoms in total. The Hall–Kier alpha value is -1.71. The molecule has 2 fully saturated rings. The molecule has 0 spiro atoms. The number of carbonyl (C=O) groups is 1. The quantitative estimate of drug-likeness (QED) is 0.933. The van der Waals surface area contributed by atoms with E-state index in [0.717, 1.165) is 17.6 Å². The van der Waals surface area contributed by atoms with Crippen molar-refractivity contribution in [2.24, 2.45) is 17.8 Å². The molecule has 4 unspecified atom stereocenters. The summed E-state index contributed by atoms with van der Waals surface area (Å²) in [5.41, 5.74) is 0.652. The first-order chi connectivity index (χ1) is 10.7. The number of benzene rings is 1. The predicted molar refractivity (Wildman–Crippen MR) is 83.3 cm³/mol. The van der Waals surface area contributed by atoms with E-state index in [1.165, 1.54) is 25.7 Å². The first-order valence-electron chi connectivity index (χ1n) is 8.41. The van der Waals surface area contributed by atoms with E-state index < -0.39 is 0 Å². The van der Waals surface area contributed by atoms with Gasteiger partial charge in [-0.25, -0.2) is 0 Å². The Morgan fingerprint density at radius 3 is 2.73 bits per heavy atom.